The average molecular weight is 234 g/mol. The first-order chi connectivity index (χ1) is 8.19. The van der Waals surface area contributed by atoms with Crippen molar-refractivity contribution in [2.24, 2.45) is 0 Å². The first-order valence-corrected chi connectivity index (χ1v) is 5.93. The zero-order chi connectivity index (χ0) is 12.3. The van der Waals surface area contributed by atoms with E-state index in [9.17, 15) is 0 Å². The van der Waals surface area contributed by atoms with Crippen LogP contribution < -0.4 is 5.32 Å². The number of nitrogens with zero attached hydrogens (tertiary/aromatic N) is 5. The quantitative estimate of drug-likeness (QED) is 0.793. The number of aromatic nitrogens is 3. The summed E-state index contributed by atoms with van der Waals surface area (Å²) in [6.07, 6.45) is 1.76. The maximum atomic E-state index is 9.09. The molecule has 6 heteroatoms. The molecule has 1 aromatic heterocycles. The molecule has 1 aromatic rings. The molecule has 0 aromatic carbocycles. The summed E-state index contributed by atoms with van der Waals surface area (Å²) in [5.41, 5.74) is 0. The molecule has 2 rings (SSSR count). The highest BCUT2D eigenvalue weighted by Gasteiger charge is 2.20. The third kappa shape index (κ3) is 3.02. The maximum Gasteiger partial charge on any atom is 0.147 e. The van der Waals surface area contributed by atoms with Crippen molar-refractivity contribution in [3.05, 3.63) is 12.2 Å². The van der Waals surface area contributed by atoms with Crippen molar-refractivity contribution in [1.82, 2.24) is 25.0 Å². The van der Waals surface area contributed by atoms with Crippen LogP contribution in [-0.4, -0.2) is 44.8 Å². The van der Waals surface area contributed by atoms with Gasteiger partial charge in [0.2, 0.25) is 0 Å². The second kappa shape index (κ2) is 5.25. The van der Waals surface area contributed by atoms with Crippen molar-refractivity contribution >= 4 is 0 Å². The lowest BCUT2D eigenvalue weighted by molar-refractivity contribution is 0.203. The minimum absolute atomic E-state index is 0.121. The van der Waals surface area contributed by atoms with Crippen molar-refractivity contribution < 1.29 is 0 Å². The van der Waals surface area contributed by atoms with E-state index in [0.29, 0.717) is 6.04 Å². The number of nitriles is 1. The largest absolute Gasteiger partial charge is 0.315 e. The Morgan fingerprint density at radius 3 is 3.06 bits per heavy atom. The molecule has 0 fully saturated rings. The fourth-order valence-corrected chi connectivity index (χ4v) is 2.06. The van der Waals surface area contributed by atoms with Gasteiger partial charge in [0.1, 0.15) is 18.2 Å². The van der Waals surface area contributed by atoms with E-state index in [1.165, 1.54) is 0 Å². The molecule has 0 amide bonds. The third-order valence-electron chi connectivity index (χ3n) is 2.85. The Morgan fingerprint density at radius 1 is 1.53 bits per heavy atom. The monoisotopic (exact) mass is 234 g/mol. The van der Waals surface area contributed by atoms with Gasteiger partial charge < -0.3 is 4.57 Å². The van der Waals surface area contributed by atoms with Crippen LogP contribution in [0.2, 0.25) is 0 Å². The highest BCUT2D eigenvalue weighted by atomic mass is 15.3. The van der Waals surface area contributed by atoms with Gasteiger partial charge in [0, 0.05) is 25.7 Å². The van der Waals surface area contributed by atoms with Crippen LogP contribution in [0.3, 0.4) is 0 Å². The Kier molecular flexibility index (Phi) is 3.71. The zero-order valence-corrected chi connectivity index (χ0v) is 10.3. The van der Waals surface area contributed by atoms with Gasteiger partial charge in [0.25, 0.3) is 0 Å². The van der Waals surface area contributed by atoms with Crippen molar-refractivity contribution in [2.45, 2.75) is 39.0 Å². The molecule has 0 bridgehead atoms. The van der Waals surface area contributed by atoms with Gasteiger partial charge in [0.15, 0.2) is 0 Å². The average Bonchev–Trinajstić information content (AvgIpc) is 2.74. The molecule has 0 saturated carbocycles. The normalized spacial score (nSPS) is 17.8. The Morgan fingerprint density at radius 2 is 2.35 bits per heavy atom. The SMILES string of the molecule is CC(C)NC(C#N)CN1CCn2cnnc2C1. The molecule has 2 heterocycles. The highest BCUT2D eigenvalue weighted by Crippen LogP contribution is 2.09. The molecule has 0 radical (unpaired) electrons. The summed E-state index contributed by atoms with van der Waals surface area (Å²) in [5, 5.41) is 20.3. The Hall–Kier alpha value is -1.45. The molecule has 0 aliphatic carbocycles. The molecule has 6 nitrogen and oxygen atoms in total. The molecule has 1 aliphatic rings. The standard InChI is InChI=1S/C11H18N6/c1-9(2)14-10(5-12)6-16-3-4-17-8-13-15-11(17)7-16/h8-10,14H,3-4,6-7H2,1-2H3. The van der Waals surface area contributed by atoms with Crippen LogP contribution >= 0.6 is 0 Å². The highest BCUT2D eigenvalue weighted by molar-refractivity contribution is 4.96. The predicted octanol–water partition coefficient (Wildman–Crippen LogP) is -0.0161. The predicted molar refractivity (Wildman–Crippen MR) is 63.0 cm³/mol. The smallest absolute Gasteiger partial charge is 0.147 e. The lowest BCUT2D eigenvalue weighted by Crippen LogP contribution is -2.45. The number of rotatable bonds is 4. The van der Waals surface area contributed by atoms with Crippen molar-refractivity contribution in [1.29, 1.82) is 5.26 Å². The summed E-state index contributed by atoms with van der Waals surface area (Å²) in [5.74, 6) is 0.984. The van der Waals surface area contributed by atoms with Gasteiger partial charge in [-0.3, -0.25) is 10.2 Å². The summed E-state index contributed by atoms with van der Waals surface area (Å²) < 4.78 is 2.06. The molecule has 1 atom stereocenters. The fraction of sp³-hybridized carbons (Fsp3) is 0.727. The second-order valence-corrected chi connectivity index (χ2v) is 4.68. The van der Waals surface area contributed by atoms with Crippen LogP contribution in [-0.2, 0) is 13.1 Å². The first kappa shape index (κ1) is 12.0. The van der Waals surface area contributed by atoms with Gasteiger partial charge >= 0.3 is 0 Å². The molecule has 1 unspecified atom stereocenters. The number of hydrogen-bond donors (Lipinski definition) is 1. The van der Waals surface area contributed by atoms with E-state index in [4.69, 9.17) is 5.26 Å². The van der Waals surface area contributed by atoms with Gasteiger partial charge in [-0.05, 0) is 13.8 Å². The van der Waals surface area contributed by atoms with E-state index >= 15 is 0 Å². The number of nitrogens with one attached hydrogen (secondary N) is 1. The van der Waals surface area contributed by atoms with E-state index < -0.39 is 0 Å². The van der Waals surface area contributed by atoms with E-state index in [1.807, 2.05) is 0 Å². The van der Waals surface area contributed by atoms with E-state index in [1.54, 1.807) is 6.33 Å². The number of hydrogen-bond acceptors (Lipinski definition) is 5. The van der Waals surface area contributed by atoms with Gasteiger partial charge in [-0.15, -0.1) is 10.2 Å². The Labute approximate surface area is 101 Å². The van der Waals surface area contributed by atoms with Crippen molar-refractivity contribution in [2.75, 3.05) is 13.1 Å². The van der Waals surface area contributed by atoms with Crippen LogP contribution in [0.1, 0.15) is 19.7 Å². The molecule has 0 saturated heterocycles. The van der Waals surface area contributed by atoms with E-state index in [2.05, 4.69) is 44.9 Å². The Balaban J connectivity index is 1.91. The van der Waals surface area contributed by atoms with Crippen LogP contribution in [0.5, 0.6) is 0 Å². The van der Waals surface area contributed by atoms with Gasteiger partial charge in [-0.2, -0.15) is 5.26 Å². The summed E-state index contributed by atoms with van der Waals surface area (Å²) in [6.45, 7) is 7.47. The molecule has 1 N–H and O–H groups in total. The summed E-state index contributed by atoms with van der Waals surface area (Å²) >= 11 is 0. The Bertz CT molecular complexity index is 404. The molecule has 92 valence electrons. The summed E-state index contributed by atoms with van der Waals surface area (Å²) in [4.78, 5) is 2.24. The van der Waals surface area contributed by atoms with Crippen molar-refractivity contribution in [3.8, 4) is 6.07 Å². The molecular weight excluding hydrogens is 216 g/mol. The first-order valence-electron chi connectivity index (χ1n) is 5.93. The fourth-order valence-electron chi connectivity index (χ4n) is 2.06. The van der Waals surface area contributed by atoms with Crippen LogP contribution in [0, 0.1) is 11.3 Å². The van der Waals surface area contributed by atoms with Gasteiger partial charge in [-0.25, -0.2) is 0 Å². The molecule has 17 heavy (non-hydrogen) atoms. The third-order valence-corrected chi connectivity index (χ3v) is 2.85. The maximum absolute atomic E-state index is 9.09. The van der Waals surface area contributed by atoms with Crippen molar-refractivity contribution in [3.63, 3.8) is 0 Å². The van der Waals surface area contributed by atoms with Gasteiger partial charge in [0.05, 0.1) is 12.6 Å². The lowest BCUT2D eigenvalue weighted by atomic mass is 10.2. The minimum Gasteiger partial charge on any atom is -0.315 e. The minimum atomic E-state index is -0.121. The lowest BCUT2D eigenvalue weighted by Gasteiger charge is -2.29. The summed E-state index contributed by atoms with van der Waals surface area (Å²) in [6, 6.07) is 2.51. The molecular formula is C11H18N6. The van der Waals surface area contributed by atoms with Crippen LogP contribution in [0.15, 0.2) is 6.33 Å². The topological polar surface area (TPSA) is 69.8 Å². The number of fused-ring (bicyclic) bond motifs is 1. The van der Waals surface area contributed by atoms with Crippen LogP contribution in [0.4, 0.5) is 0 Å². The van der Waals surface area contributed by atoms with E-state index in [-0.39, 0.29) is 6.04 Å². The van der Waals surface area contributed by atoms with E-state index in [0.717, 1.165) is 32.0 Å². The zero-order valence-electron chi connectivity index (χ0n) is 10.3. The molecule has 1 aliphatic heterocycles. The second-order valence-electron chi connectivity index (χ2n) is 4.68. The van der Waals surface area contributed by atoms with Gasteiger partial charge in [-0.1, -0.05) is 0 Å². The van der Waals surface area contributed by atoms with Crippen LogP contribution in [0.25, 0.3) is 0 Å². The summed E-state index contributed by atoms with van der Waals surface area (Å²) in [7, 11) is 0. The molecule has 0 spiro atoms.